The SMILES string of the molecule is N[C@@H](CCc1ccccc1)C(=O)Nc1ccc(Cl)cc1. The first-order chi connectivity index (χ1) is 9.65. The van der Waals surface area contributed by atoms with Crippen LogP contribution in [0.1, 0.15) is 12.0 Å². The van der Waals surface area contributed by atoms with Gasteiger partial charge < -0.3 is 11.1 Å². The Labute approximate surface area is 123 Å². The summed E-state index contributed by atoms with van der Waals surface area (Å²) in [5.74, 6) is -0.178. The molecule has 1 amide bonds. The minimum absolute atomic E-state index is 0.178. The fraction of sp³-hybridized carbons (Fsp3) is 0.188. The normalized spacial score (nSPS) is 11.9. The van der Waals surface area contributed by atoms with Gasteiger partial charge in [0.2, 0.25) is 5.91 Å². The Morgan fingerprint density at radius 2 is 1.75 bits per heavy atom. The van der Waals surface area contributed by atoms with Crippen molar-refractivity contribution in [1.82, 2.24) is 0 Å². The third-order valence-corrected chi connectivity index (χ3v) is 3.29. The first kappa shape index (κ1) is 14.6. The zero-order valence-electron chi connectivity index (χ0n) is 11.1. The van der Waals surface area contributed by atoms with Crippen LogP contribution >= 0.6 is 11.6 Å². The summed E-state index contributed by atoms with van der Waals surface area (Å²) >= 11 is 5.79. The molecule has 4 heteroatoms. The molecule has 2 aromatic carbocycles. The van der Waals surface area contributed by atoms with E-state index >= 15 is 0 Å². The summed E-state index contributed by atoms with van der Waals surface area (Å²) in [5, 5.41) is 3.42. The number of carbonyl (C=O) groups is 1. The molecule has 3 N–H and O–H groups in total. The first-order valence-corrected chi connectivity index (χ1v) is 6.89. The van der Waals surface area contributed by atoms with Gasteiger partial charge in [-0.25, -0.2) is 0 Å². The lowest BCUT2D eigenvalue weighted by Crippen LogP contribution is -2.35. The Hall–Kier alpha value is -1.84. The maximum atomic E-state index is 11.9. The summed E-state index contributed by atoms with van der Waals surface area (Å²) in [7, 11) is 0. The molecule has 2 rings (SSSR count). The van der Waals surface area contributed by atoms with Gasteiger partial charge in [0.25, 0.3) is 0 Å². The monoisotopic (exact) mass is 288 g/mol. The van der Waals surface area contributed by atoms with E-state index in [1.165, 1.54) is 5.56 Å². The Balaban J connectivity index is 1.84. The average Bonchev–Trinajstić information content (AvgIpc) is 2.48. The smallest absolute Gasteiger partial charge is 0.241 e. The molecule has 0 aliphatic rings. The molecule has 3 nitrogen and oxygen atoms in total. The lowest BCUT2D eigenvalue weighted by atomic mass is 10.1. The van der Waals surface area contributed by atoms with Crippen LogP contribution in [-0.2, 0) is 11.2 Å². The quantitative estimate of drug-likeness (QED) is 0.887. The highest BCUT2D eigenvalue weighted by Crippen LogP contribution is 2.14. The number of hydrogen-bond donors (Lipinski definition) is 2. The molecule has 0 fully saturated rings. The molecular weight excluding hydrogens is 272 g/mol. The number of anilines is 1. The number of amides is 1. The van der Waals surface area contributed by atoms with Gasteiger partial charge in [-0.2, -0.15) is 0 Å². The van der Waals surface area contributed by atoms with Crippen LogP contribution in [0, 0.1) is 0 Å². The Morgan fingerprint density at radius 3 is 2.40 bits per heavy atom. The highest BCUT2D eigenvalue weighted by molar-refractivity contribution is 6.30. The predicted octanol–water partition coefficient (Wildman–Crippen LogP) is 3.24. The lowest BCUT2D eigenvalue weighted by Gasteiger charge is -2.12. The van der Waals surface area contributed by atoms with Crippen molar-refractivity contribution in [3.63, 3.8) is 0 Å². The van der Waals surface area contributed by atoms with Crippen molar-refractivity contribution in [2.75, 3.05) is 5.32 Å². The van der Waals surface area contributed by atoms with Crippen molar-refractivity contribution in [3.05, 3.63) is 65.2 Å². The summed E-state index contributed by atoms with van der Waals surface area (Å²) in [5.41, 5.74) is 7.79. The molecule has 1 atom stereocenters. The molecule has 0 heterocycles. The van der Waals surface area contributed by atoms with Crippen LogP contribution in [0.5, 0.6) is 0 Å². The van der Waals surface area contributed by atoms with E-state index in [9.17, 15) is 4.79 Å². The van der Waals surface area contributed by atoms with E-state index < -0.39 is 6.04 Å². The van der Waals surface area contributed by atoms with E-state index in [1.54, 1.807) is 24.3 Å². The Bertz CT molecular complexity index is 554. The molecule has 0 aromatic heterocycles. The van der Waals surface area contributed by atoms with Crippen LogP contribution < -0.4 is 11.1 Å². The summed E-state index contributed by atoms with van der Waals surface area (Å²) in [6, 6.07) is 16.4. The van der Waals surface area contributed by atoms with Crippen LogP contribution in [0.25, 0.3) is 0 Å². The van der Waals surface area contributed by atoms with E-state index in [0.29, 0.717) is 17.1 Å². The van der Waals surface area contributed by atoms with E-state index in [4.69, 9.17) is 17.3 Å². The van der Waals surface area contributed by atoms with Crippen molar-refractivity contribution in [3.8, 4) is 0 Å². The molecule has 0 bridgehead atoms. The molecule has 0 spiro atoms. The maximum absolute atomic E-state index is 11.9. The van der Waals surface area contributed by atoms with Crippen molar-refractivity contribution in [2.24, 2.45) is 5.73 Å². The van der Waals surface area contributed by atoms with Gasteiger partial charge in [0, 0.05) is 10.7 Å². The van der Waals surface area contributed by atoms with Gasteiger partial charge in [-0.3, -0.25) is 4.79 Å². The minimum Gasteiger partial charge on any atom is -0.325 e. The van der Waals surface area contributed by atoms with Crippen LogP contribution in [0.3, 0.4) is 0 Å². The van der Waals surface area contributed by atoms with Crippen molar-refractivity contribution >= 4 is 23.2 Å². The summed E-state index contributed by atoms with van der Waals surface area (Å²) < 4.78 is 0. The van der Waals surface area contributed by atoms with E-state index in [0.717, 1.165) is 6.42 Å². The zero-order valence-corrected chi connectivity index (χ0v) is 11.8. The molecule has 0 aliphatic carbocycles. The van der Waals surface area contributed by atoms with Crippen molar-refractivity contribution in [1.29, 1.82) is 0 Å². The second kappa shape index (κ2) is 7.08. The third-order valence-electron chi connectivity index (χ3n) is 3.04. The molecule has 0 aliphatic heterocycles. The number of hydrogen-bond acceptors (Lipinski definition) is 2. The van der Waals surface area contributed by atoms with Gasteiger partial charge in [0.1, 0.15) is 0 Å². The van der Waals surface area contributed by atoms with Gasteiger partial charge in [0.15, 0.2) is 0 Å². The Morgan fingerprint density at radius 1 is 1.10 bits per heavy atom. The molecule has 0 saturated heterocycles. The van der Waals surface area contributed by atoms with Gasteiger partial charge in [-0.15, -0.1) is 0 Å². The number of rotatable bonds is 5. The first-order valence-electron chi connectivity index (χ1n) is 6.51. The topological polar surface area (TPSA) is 55.1 Å². The summed E-state index contributed by atoms with van der Waals surface area (Å²) in [6.07, 6.45) is 1.40. The fourth-order valence-corrected chi connectivity index (χ4v) is 1.99. The molecule has 0 saturated carbocycles. The molecule has 0 radical (unpaired) electrons. The highest BCUT2D eigenvalue weighted by atomic mass is 35.5. The fourth-order valence-electron chi connectivity index (χ4n) is 1.87. The summed E-state index contributed by atoms with van der Waals surface area (Å²) in [6.45, 7) is 0. The number of carbonyl (C=O) groups excluding carboxylic acids is 1. The lowest BCUT2D eigenvalue weighted by molar-refractivity contribution is -0.117. The highest BCUT2D eigenvalue weighted by Gasteiger charge is 2.13. The number of halogens is 1. The minimum atomic E-state index is -0.522. The van der Waals surface area contributed by atoms with Crippen molar-refractivity contribution in [2.45, 2.75) is 18.9 Å². The third kappa shape index (κ3) is 4.37. The standard InChI is InChI=1S/C16H17ClN2O/c17-13-7-9-14(10-8-13)19-16(20)15(18)11-6-12-4-2-1-3-5-12/h1-5,7-10,15H,6,11,18H2,(H,19,20)/t15-/m0/s1. The van der Waals surface area contributed by atoms with E-state index in [-0.39, 0.29) is 5.91 Å². The van der Waals surface area contributed by atoms with Crippen LogP contribution in [0.15, 0.2) is 54.6 Å². The van der Waals surface area contributed by atoms with Crippen LogP contribution in [0.4, 0.5) is 5.69 Å². The van der Waals surface area contributed by atoms with Gasteiger partial charge in [-0.05, 0) is 42.7 Å². The average molecular weight is 289 g/mol. The maximum Gasteiger partial charge on any atom is 0.241 e. The summed E-state index contributed by atoms with van der Waals surface area (Å²) in [4.78, 5) is 11.9. The molecule has 0 unspecified atom stereocenters. The van der Waals surface area contributed by atoms with Crippen molar-refractivity contribution < 1.29 is 4.79 Å². The van der Waals surface area contributed by atoms with Gasteiger partial charge >= 0.3 is 0 Å². The number of nitrogens with one attached hydrogen (secondary N) is 1. The largest absolute Gasteiger partial charge is 0.325 e. The molecular formula is C16H17ClN2O. The zero-order chi connectivity index (χ0) is 14.4. The van der Waals surface area contributed by atoms with Gasteiger partial charge in [0.05, 0.1) is 6.04 Å². The van der Waals surface area contributed by atoms with Gasteiger partial charge in [-0.1, -0.05) is 41.9 Å². The number of benzene rings is 2. The number of aryl methyl sites for hydroxylation is 1. The Kier molecular flexibility index (Phi) is 5.16. The molecule has 2 aromatic rings. The molecule has 104 valence electrons. The molecule has 20 heavy (non-hydrogen) atoms. The predicted molar refractivity (Wildman–Crippen MR) is 82.8 cm³/mol. The van der Waals surface area contributed by atoms with Crippen LogP contribution in [0.2, 0.25) is 5.02 Å². The number of nitrogens with two attached hydrogens (primary N) is 1. The van der Waals surface area contributed by atoms with E-state index in [1.807, 2.05) is 30.3 Å². The second-order valence-corrected chi connectivity index (χ2v) is 5.06. The second-order valence-electron chi connectivity index (χ2n) is 4.63. The van der Waals surface area contributed by atoms with Crippen LogP contribution in [-0.4, -0.2) is 11.9 Å². The van der Waals surface area contributed by atoms with E-state index in [2.05, 4.69) is 5.32 Å².